The summed E-state index contributed by atoms with van der Waals surface area (Å²) in [7, 11) is 0. The van der Waals surface area contributed by atoms with Crippen LogP contribution in [-0.2, 0) is 4.79 Å². The van der Waals surface area contributed by atoms with Crippen molar-refractivity contribution in [3.05, 3.63) is 12.5 Å². The summed E-state index contributed by atoms with van der Waals surface area (Å²) in [4.78, 5) is 21.2. The van der Waals surface area contributed by atoms with E-state index >= 15 is 0 Å². The first-order chi connectivity index (χ1) is 10.2. The normalized spacial score (nSPS) is 21.4. The smallest absolute Gasteiger partial charge is 0.317 e. The van der Waals surface area contributed by atoms with Crippen LogP contribution < -0.4 is 5.32 Å². The van der Waals surface area contributed by atoms with Crippen LogP contribution in [0.1, 0.15) is 19.8 Å². The number of aromatic nitrogens is 4. The number of rotatable bonds is 6. The number of H-pyrrole nitrogens is 1. The zero-order valence-corrected chi connectivity index (χ0v) is 11.8. The molecule has 2 aromatic rings. The molecule has 2 heterocycles. The van der Waals surface area contributed by atoms with Gasteiger partial charge in [0.15, 0.2) is 5.65 Å². The lowest BCUT2D eigenvalue weighted by molar-refractivity contribution is -0.139. The van der Waals surface area contributed by atoms with Gasteiger partial charge >= 0.3 is 5.97 Å². The number of aliphatic carboxylic acids is 1. The van der Waals surface area contributed by atoms with E-state index in [1.165, 1.54) is 6.33 Å². The molecule has 1 fully saturated rings. The molecule has 1 aliphatic carbocycles. The highest BCUT2D eigenvalue weighted by Crippen LogP contribution is 2.29. The van der Waals surface area contributed by atoms with Gasteiger partial charge in [-0.3, -0.25) is 14.8 Å². The third kappa shape index (κ3) is 2.80. The molecule has 3 rings (SSSR count). The predicted octanol–water partition coefficient (Wildman–Crippen LogP) is 0.702. The molecule has 0 aliphatic heterocycles. The summed E-state index contributed by atoms with van der Waals surface area (Å²) in [5.74, 6) is 0.00245. The Balaban J connectivity index is 1.59. The molecule has 0 amide bonds. The van der Waals surface area contributed by atoms with Crippen LogP contribution >= 0.6 is 0 Å². The van der Waals surface area contributed by atoms with Gasteiger partial charge < -0.3 is 10.4 Å². The number of hydrogen-bond donors (Lipinski definition) is 3. The van der Waals surface area contributed by atoms with Crippen LogP contribution in [0.25, 0.3) is 11.0 Å². The highest BCUT2D eigenvalue weighted by Gasteiger charge is 2.34. The summed E-state index contributed by atoms with van der Waals surface area (Å²) in [5, 5.41) is 19.9. The molecule has 3 N–H and O–H groups in total. The van der Waals surface area contributed by atoms with Crippen LogP contribution in [0.15, 0.2) is 12.5 Å². The van der Waals surface area contributed by atoms with Crippen molar-refractivity contribution in [2.24, 2.45) is 0 Å². The molecule has 0 unspecified atom stereocenters. The summed E-state index contributed by atoms with van der Waals surface area (Å²) in [6.45, 7) is 2.85. The topological polar surface area (TPSA) is 107 Å². The molecule has 112 valence electrons. The van der Waals surface area contributed by atoms with Crippen molar-refractivity contribution >= 4 is 22.8 Å². The van der Waals surface area contributed by atoms with Crippen molar-refractivity contribution in [3.8, 4) is 0 Å². The number of likely N-dealkylation sites (N-methyl/N-ethyl adjacent to an activating group) is 1. The largest absolute Gasteiger partial charge is 0.480 e. The summed E-state index contributed by atoms with van der Waals surface area (Å²) < 4.78 is 0. The molecule has 1 saturated carbocycles. The Bertz CT molecular complexity index is 636. The van der Waals surface area contributed by atoms with Crippen molar-refractivity contribution in [1.82, 2.24) is 25.1 Å². The summed E-state index contributed by atoms with van der Waals surface area (Å²) in [5.41, 5.74) is 0.712. The standard InChI is InChI=1S/C13H18N6O2/c1-2-19(6-11(20)21)9-3-8(4-9)17-12-10-5-16-18-13(10)15-7-14-12/h5,7-9H,2-4,6H2,1H3,(H,20,21)(H2,14,15,16,17,18). The Hall–Kier alpha value is -2.22. The Morgan fingerprint density at radius 1 is 1.52 bits per heavy atom. The van der Waals surface area contributed by atoms with E-state index in [1.807, 2.05) is 11.8 Å². The van der Waals surface area contributed by atoms with Crippen molar-refractivity contribution in [2.75, 3.05) is 18.4 Å². The second-order valence-electron chi connectivity index (χ2n) is 5.28. The van der Waals surface area contributed by atoms with Crippen LogP contribution in [-0.4, -0.2) is 61.3 Å². The molecule has 8 nitrogen and oxygen atoms in total. The fourth-order valence-corrected chi connectivity index (χ4v) is 2.75. The van der Waals surface area contributed by atoms with Crippen molar-refractivity contribution < 1.29 is 9.90 Å². The Kier molecular flexibility index (Phi) is 3.70. The van der Waals surface area contributed by atoms with E-state index in [1.54, 1.807) is 6.20 Å². The molecule has 0 atom stereocenters. The number of nitrogens with zero attached hydrogens (tertiary/aromatic N) is 4. The molecule has 0 bridgehead atoms. The summed E-state index contributed by atoms with van der Waals surface area (Å²) in [6.07, 6.45) is 5.05. The number of anilines is 1. The highest BCUT2D eigenvalue weighted by molar-refractivity contribution is 5.85. The lowest BCUT2D eigenvalue weighted by Gasteiger charge is -2.42. The quantitative estimate of drug-likeness (QED) is 0.719. The van der Waals surface area contributed by atoms with Gasteiger partial charge in [-0.1, -0.05) is 6.92 Å². The molecule has 8 heteroatoms. The monoisotopic (exact) mass is 290 g/mol. The zero-order valence-electron chi connectivity index (χ0n) is 11.8. The second-order valence-corrected chi connectivity index (χ2v) is 5.28. The van der Waals surface area contributed by atoms with Gasteiger partial charge in [0.2, 0.25) is 0 Å². The van der Waals surface area contributed by atoms with Crippen molar-refractivity contribution in [1.29, 1.82) is 0 Å². The molecule has 21 heavy (non-hydrogen) atoms. The molecule has 0 radical (unpaired) electrons. The van der Waals surface area contributed by atoms with Crippen molar-refractivity contribution in [2.45, 2.75) is 31.8 Å². The van der Waals surface area contributed by atoms with Crippen LogP contribution in [0.2, 0.25) is 0 Å². The third-order valence-electron chi connectivity index (χ3n) is 3.96. The number of aromatic amines is 1. The van der Waals surface area contributed by atoms with E-state index in [9.17, 15) is 4.79 Å². The van der Waals surface area contributed by atoms with E-state index in [4.69, 9.17) is 5.11 Å². The average Bonchev–Trinajstić information content (AvgIpc) is 2.89. The molecule has 0 aromatic carbocycles. The fraction of sp³-hybridized carbons (Fsp3) is 0.538. The average molecular weight is 290 g/mol. The number of fused-ring (bicyclic) bond motifs is 1. The number of nitrogens with one attached hydrogen (secondary N) is 2. The van der Waals surface area contributed by atoms with E-state index in [0.29, 0.717) is 17.7 Å². The lowest BCUT2D eigenvalue weighted by atomic mass is 9.85. The van der Waals surface area contributed by atoms with Gasteiger partial charge in [0, 0.05) is 12.1 Å². The summed E-state index contributed by atoms with van der Waals surface area (Å²) >= 11 is 0. The SMILES string of the molecule is CCN(CC(=O)O)C1CC(Nc2ncnc3[nH]ncc23)C1. The first kappa shape index (κ1) is 13.7. The Morgan fingerprint density at radius 3 is 3.05 bits per heavy atom. The van der Waals surface area contributed by atoms with Crippen LogP contribution in [0.3, 0.4) is 0 Å². The minimum Gasteiger partial charge on any atom is -0.480 e. The molecule has 0 saturated heterocycles. The number of carbonyl (C=O) groups is 1. The Morgan fingerprint density at radius 2 is 2.33 bits per heavy atom. The fourth-order valence-electron chi connectivity index (χ4n) is 2.75. The zero-order chi connectivity index (χ0) is 14.8. The second kappa shape index (κ2) is 5.65. The van der Waals surface area contributed by atoms with E-state index in [0.717, 1.165) is 30.6 Å². The maximum Gasteiger partial charge on any atom is 0.317 e. The first-order valence-electron chi connectivity index (χ1n) is 7.03. The molecule has 2 aromatic heterocycles. The number of carboxylic acid groups (broad SMARTS) is 1. The third-order valence-corrected chi connectivity index (χ3v) is 3.96. The van der Waals surface area contributed by atoms with Crippen LogP contribution in [0, 0.1) is 0 Å². The Labute approximate surface area is 121 Å². The minimum absolute atomic E-state index is 0.105. The van der Waals surface area contributed by atoms with E-state index in [2.05, 4.69) is 25.5 Å². The van der Waals surface area contributed by atoms with Gasteiger partial charge in [-0.25, -0.2) is 9.97 Å². The van der Waals surface area contributed by atoms with Gasteiger partial charge in [0.1, 0.15) is 12.1 Å². The van der Waals surface area contributed by atoms with Gasteiger partial charge in [0.25, 0.3) is 0 Å². The lowest BCUT2D eigenvalue weighted by Crippen LogP contribution is -2.51. The first-order valence-corrected chi connectivity index (χ1v) is 7.03. The van der Waals surface area contributed by atoms with E-state index in [-0.39, 0.29) is 6.54 Å². The molecular weight excluding hydrogens is 272 g/mol. The van der Waals surface area contributed by atoms with Crippen molar-refractivity contribution in [3.63, 3.8) is 0 Å². The number of carboxylic acids is 1. The summed E-state index contributed by atoms with van der Waals surface area (Å²) in [6, 6.07) is 0.635. The van der Waals surface area contributed by atoms with E-state index < -0.39 is 5.97 Å². The maximum absolute atomic E-state index is 10.8. The van der Waals surface area contributed by atoms with Gasteiger partial charge in [-0.2, -0.15) is 5.10 Å². The van der Waals surface area contributed by atoms with Gasteiger partial charge in [-0.15, -0.1) is 0 Å². The molecular formula is C13H18N6O2. The van der Waals surface area contributed by atoms with Gasteiger partial charge in [-0.05, 0) is 19.4 Å². The van der Waals surface area contributed by atoms with Gasteiger partial charge in [0.05, 0.1) is 18.1 Å². The minimum atomic E-state index is -0.774. The highest BCUT2D eigenvalue weighted by atomic mass is 16.4. The van der Waals surface area contributed by atoms with Crippen LogP contribution in [0.4, 0.5) is 5.82 Å². The molecule has 0 spiro atoms. The molecule has 1 aliphatic rings. The maximum atomic E-state index is 10.8. The van der Waals surface area contributed by atoms with Crippen LogP contribution in [0.5, 0.6) is 0 Å². The number of hydrogen-bond acceptors (Lipinski definition) is 6. The predicted molar refractivity (Wildman–Crippen MR) is 77.0 cm³/mol.